The summed E-state index contributed by atoms with van der Waals surface area (Å²) in [5.41, 5.74) is 2.28. The predicted octanol–water partition coefficient (Wildman–Crippen LogP) is 2.69. The number of hydrogen-bond donors (Lipinski definition) is 0. The molecule has 0 unspecified atom stereocenters. The topological polar surface area (TPSA) is 92.4 Å². The van der Waals surface area contributed by atoms with E-state index in [1.165, 1.54) is 0 Å². The second kappa shape index (κ2) is 8.31. The molecule has 2 aliphatic rings. The molecule has 2 aromatic heterocycles. The molecular formula is C21H27N5O3. The molecule has 2 aromatic rings. The lowest BCUT2D eigenvalue weighted by atomic mass is 10.0. The highest BCUT2D eigenvalue weighted by Crippen LogP contribution is 2.30. The highest BCUT2D eigenvalue weighted by atomic mass is 16.5. The fourth-order valence-electron chi connectivity index (χ4n) is 4.18. The maximum atomic E-state index is 12.8. The van der Waals surface area contributed by atoms with Crippen molar-refractivity contribution in [2.45, 2.75) is 65.0 Å². The molecule has 0 bridgehead atoms. The van der Waals surface area contributed by atoms with Gasteiger partial charge < -0.3 is 14.3 Å². The molecule has 1 fully saturated rings. The minimum Gasteiger partial charge on any atom is -0.361 e. The number of nitrogens with zero attached hydrogens (tertiary/aromatic N) is 5. The quantitative estimate of drug-likeness (QED) is 0.788. The first-order chi connectivity index (χ1) is 14.1. The van der Waals surface area contributed by atoms with E-state index in [0.717, 1.165) is 61.5 Å². The van der Waals surface area contributed by atoms with Crippen molar-refractivity contribution >= 4 is 11.8 Å². The van der Waals surface area contributed by atoms with E-state index < -0.39 is 0 Å². The maximum Gasteiger partial charge on any atom is 0.276 e. The first kappa shape index (κ1) is 19.5. The number of carbonyl (C=O) groups excluding carboxylic acids is 2. The van der Waals surface area contributed by atoms with Crippen molar-refractivity contribution in [2.75, 3.05) is 13.1 Å². The van der Waals surface area contributed by atoms with Gasteiger partial charge in [0.1, 0.15) is 5.76 Å². The maximum absolute atomic E-state index is 12.8. The number of rotatable bonds is 4. The molecule has 0 spiro atoms. The van der Waals surface area contributed by atoms with Gasteiger partial charge in [-0.05, 0) is 25.7 Å². The van der Waals surface area contributed by atoms with Crippen molar-refractivity contribution in [2.24, 2.45) is 0 Å². The van der Waals surface area contributed by atoms with Gasteiger partial charge in [-0.25, -0.2) is 9.97 Å². The Kier molecular flexibility index (Phi) is 5.60. The van der Waals surface area contributed by atoms with Gasteiger partial charge in [-0.1, -0.05) is 12.1 Å². The van der Waals surface area contributed by atoms with E-state index in [1.54, 1.807) is 17.9 Å². The Hall–Kier alpha value is -2.77. The number of likely N-dealkylation sites (tertiary alicyclic amines) is 1. The van der Waals surface area contributed by atoms with Crippen LogP contribution in [0.3, 0.4) is 0 Å². The van der Waals surface area contributed by atoms with Crippen LogP contribution in [0.25, 0.3) is 0 Å². The van der Waals surface area contributed by atoms with Gasteiger partial charge in [-0.3, -0.25) is 9.59 Å². The molecule has 2 amide bonds. The zero-order chi connectivity index (χ0) is 20.4. The van der Waals surface area contributed by atoms with E-state index in [2.05, 4.69) is 17.1 Å². The van der Waals surface area contributed by atoms with E-state index in [-0.39, 0.29) is 17.9 Å². The highest BCUT2D eigenvalue weighted by molar-refractivity contribution is 5.92. The molecule has 29 heavy (non-hydrogen) atoms. The van der Waals surface area contributed by atoms with Crippen LogP contribution >= 0.6 is 0 Å². The predicted molar refractivity (Wildman–Crippen MR) is 105 cm³/mol. The van der Waals surface area contributed by atoms with Crippen LogP contribution in [0.4, 0.5) is 0 Å². The molecule has 4 heterocycles. The third-order valence-corrected chi connectivity index (χ3v) is 5.72. The van der Waals surface area contributed by atoms with Crippen molar-refractivity contribution in [1.82, 2.24) is 24.9 Å². The average molecular weight is 397 g/mol. The Bertz CT molecular complexity index is 909. The third kappa shape index (κ3) is 4.02. The Labute approximate surface area is 170 Å². The monoisotopic (exact) mass is 397 g/mol. The SMILES string of the molecule is CCCc1cc(C(=O)N2CCc3nc([C@@H]4CCCCN4C(C)=O)ncc3C2)no1. The molecule has 8 nitrogen and oxygen atoms in total. The number of aromatic nitrogens is 3. The molecule has 4 rings (SSSR count). The number of hydrogen-bond acceptors (Lipinski definition) is 6. The minimum atomic E-state index is -0.124. The summed E-state index contributed by atoms with van der Waals surface area (Å²) in [4.78, 5) is 37.8. The van der Waals surface area contributed by atoms with Crippen molar-refractivity contribution < 1.29 is 14.1 Å². The summed E-state index contributed by atoms with van der Waals surface area (Å²) in [5, 5.41) is 3.93. The summed E-state index contributed by atoms with van der Waals surface area (Å²) in [7, 11) is 0. The van der Waals surface area contributed by atoms with Gasteiger partial charge in [-0.15, -0.1) is 0 Å². The van der Waals surface area contributed by atoms with Gasteiger partial charge in [0.05, 0.1) is 11.7 Å². The van der Waals surface area contributed by atoms with Crippen LogP contribution in [0.1, 0.15) is 78.9 Å². The Morgan fingerprint density at radius 2 is 2.14 bits per heavy atom. The minimum absolute atomic E-state index is 0.0432. The fraction of sp³-hybridized carbons (Fsp3) is 0.571. The standard InChI is InChI=1S/C21H27N5O3/c1-3-6-16-11-18(24-29-16)21(28)25-10-8-17-15(13-25)12-22-20(23-17)19-7-4-5-9-26(19)14(2)27/h11-12,19H,3-10,13H2,1-2H3/t19-/m0/s1. The smallest absolute Gasteiger partial charge is 0.276 e. The van der Waals surface area contributed by atoms with Crippen molar-refractivity contribution in [1.29, 1.82) is 0 Å². The second-order valence-electron chi connectivity index (χ2n) is 7.83. The van der Waals surface area contributed by atoms with Gasteiger partial charge in [0.25, 0.3) is 5.91 Å². The van der Waals surface area contributed by atoms with Crippen molar-refractivity contribution in [3.63, 3.8) is 0 Å². The zero-order valence-electron chi connectivity index (χ0n) is 17.1. The third-order valence-electron chi connectivity index (χ3n) is 5.72. The lowest BCUT2D eigenvalue weighted by Crippen LogP contribution is -2.39. The van der Waals surface area contributed by atoms with E-state index in [4.69, 9.17) is 9.51 Å². The fourth-order valence-corrected chi connectivity index (χ4v) is 4.18. The molecule has 0 saturated carbocycles. The Balaban J connectivity index is 1.49. The van der Waals surface area contributed by atoms with Crippen LogP contribution in [-0.4, -0.2) is 49.8 Å². The van der Waals surface area contributed by atoms with Gasteiger partial charge in [0, 0.05) is 57.2 Å². The summed E-state index contributed by atoms with van der Waals surface area (Å²) in [6, 6.07) is 1.69. The lowest BCUT2D eigenvalue weighted by molar-refractivity contribution is -0.132. The number of piperidine rings is 1. The van der Waals surface area contributed by atoms with Crippen LogP contribution in [0.15, 0.2) is 16.8 Å². The number of fused-ring (bicyclic) bond motifs is 1. The average Bonchev–Trinajstić information content (AvgIpc) is 3.21. The van der Waals surface area contributed by atoms with Crippen LogP contribution < -0.4 is 0 Å². The Morgan fingerprint density at radius 1 is 1.28 bits per heavy atom. The number of amides is 2. The lowest BCUT2D eigenvalue weighted by Gasteiger charge is -2.34. The van der Waals surface area contributed by atoms with Gasteiger partial charge in [-0.2, -0.15) is 0 Å². The highest BCUT2D eigenvalue weighted by Gasteiger charge is 2.30. The Morgan fingerprint density at radius 3 is 2.93 bits per heavy atom. The molecule has 8 heteroatoms. The van der Waals surface area contributed by atoms with Crippen LogP contribution in [-0.2, 0) is 24.2 Å². The molecule has 0 N–H and O–H groups in total. The van der Waals surface area contributed by atoms with Crippen LogP contribution in [0, 0.1) is 0 Å². The number of carbonyl (C=O) groups is 2. The first-order valence-electron chi connectivity index (χ1n) is 10.4. The van der Waals surface area contributed by atoms with Gasteiger partial charge in [0.2, 0.25) is 5.91 Å². The molecule has 2 aliphatic heterocycles. The molecule has 0 aliphatic carbocycles. The van der Waals surface area contributed by atoms with Gasteiger partial charge in [0.15, 0.2) is 11.5 Å². The van der Waals surface area contributed by atoms with Crippen molar-refractivity contribution in [3.8, 4) is 0 Å². The van der Waals surface area contributed by atoms with Gasteiger partial charge >= 0.3 is 0 Å². The van der Waals surface area contributed by atoms with E-state index in [9.17, 15) is 9.59 Å². The summed E-state index contributed by atoms with van der Waals surface area (Å²) >= 11 is 0. The summed E-state index contributed by atoms with van der Waals surface area (Å²) in [5.74, 6) is 1.41. The summed E-state index contributed by atoms with van der Waals surface area (Å²) in [6.45, 7) is 5.48. The van der Waals surface area contributed by atoms with Crippen LogP contribution in [0.2, 0.25) is 0 Å². The first-order valence-corrected chi connectivity index (χ1v) is 10.4. The molecule has 1 atom stereocenters. The molecule has 154 valence electrons. The molecule has 1 saturated heterocycles. The second-order valence-corrected chi connectivity index (χ2v) is 7.83. The van der Waals surface area contributed by atoms with Crippen molar-refractivity contribution in [3.05, 3.63) is 40.8 Å². The van der Waals surface area contributed by atoms with E-state index >= 15 is 0 Å². The molecule has 0 radical (unpaired) electrons. The number of aryl methyl sites for hydroxylation is 1. The molecular weight excluding hydrogens is 370 g/mol. The summed E-state index contributed by atoms with van der Waals surface area (Å²) in [6.07, 6.45) is 7.21. The van der Waals surface area contributed by atoms with E-state index in [0.29, 0.717) is 25.2 Å². The zero-order valence-corrected chi connectivity index (χ0v) is 17.1. The van der Waals surface area contributed by atoms with E-state index in [1.807, 2.05) is 11.1 Å². The largest absolute Gasteiger partial charge is 0.361 e. The summed E-state index contributed by atoms with van der Waals surface area (Å²) < 4.78 is 5.24. The molecule has 0 aromatic carbocycles. The normalized spacial score (nSPS) is 19.2. The van der Waals surface area contributed by atoms with Crippen LogP contribution in [0.5, 0.6) is 0 Å².